The Morgan fingerprint density at radius 3 is 2.70 bits per heavy atom. The Balaban J connectivity index is 1.86. The van der Waals surface area contributed by atoms with E-state index in [0.29, 0.717) is 23.7 Å². The summed E-state index contributed by atoms with van der Waals surface area (Å²) >= 11 is 5.77. The lowest BCUT2D eigenvalue weighted by molar-refractivity contribution is 0.0950. The van der Waals surface area contributed by atoms with Gasteiger partial charge in [0.15, 0.2) is 0 Å². The molecule has 1 N–H and O–H groups in total. The first-order chi connectivity index (χ1) is 11.1. The highest BCUT2D eigenvalue weighted by molar-refractivity contribution is 6.31. The van der Waals surface area contributed by atoms with E-state index in [0.717, 1.165) is 5.56 Å². The van der Waals surface area contributed by atoms with Gasteiger partial charge in [-0.15, -0.1) is 6.42 Å². The highest BCUT2D eigenvalue weighted by Crippen LogP contribution is 2.15. The van der Waals surface area contributed by atoms with Crippen LogP contribution in [0.5, 0.6) is 5.75 Å². The number of carbonyl (C=O) groups is 1. The van der Waals surface area contributed by atoms with E-state index in [1.807, 2.05) is 24.3 Å². The standard InChI is InChI=1S/C18H15ClFNO2/c1-2-11-23-15-6-3-13(4-7-15)9-10-21-18(22)16-12-14(19)5-8-17(16)20/h1,3-8,12H,9-11H2,(H,21,22). The van der Waals surface area contributed by atoms with Crippen LogP contribution in [0.3, 0.4) is 0 Å². The van der Waals surface area contributed by atoms with E-state index in [1.54, 1.807) is 0 Å². The molecule has 0 aliphatic carbocycles. The normalized spacial score (nSPS) is 9.96. The number of benzene rings is 2. The zero-order chi connectivity index (χ0) is 16.7. The van der Waals surface area contributed by atoms with Gasteiger partial charge in [-0.05, 0) is 42.3 Å². The summed E-state index contributed by atoms with van der Waals surface area (Å²) in [6.07, 6.45) is 5.73. The molecule has 0 radical (unpaired) electrons. The van der Waals surface area contributed by atoms with Crippen molar-refractivity contribution >= 4 is 17.5 Å². The largest absolute Gasteiger partial charge is 0.481 e. The number of hydrogen-bond donors (Lipinski definition) is 1. The van der Waals surface area contributed by atoms with Crippen molar-refractivity contribution < 1.29 is 13.9 Å². The number of halogens is 2. The molecule has 1 amide bonds. The van der Waals surface area contributed by atoms with Crippen LogP contribution in [0.2, 0.25) is 5.02 Å². The second kappa shape index (κ2) is 8.21. The van der Waals surface area contributed by atoms with Crippen LogP contribution in [0.4, 0.5) is 4.39 Å². The average Bonchev–Trinajstić information content (AvgIpc) is 2.56. The summed E-state index contributed by atoms with van der Waals surface area (Å²) in [6, 6.07) is 11.3. The summed E-state index contributed by atoms with van der Waals surface area (Å²) in [4.78, 5) is 11.9. The van der Waals surface area contributed by atoms with Crippen molar-refractivity contribution in [1.29, 1.82) is 0 Å². The van der Waals surface area contributed by atoms with Crippen molar-refractivity contribution in [3.63, 3.8) is 0 Å². The van der Waals surface area contributed by atoms with E-state index >= 15 is 0 Å². The van der Waals surface area contributed by atoms with Gasteiger partial charge >= 0.3 is 0 Å². The molecule has 0 atom stereocenters. The molecule has 0 heterocycles. The van der Waals surface area contributed by atoms with Crippen molar-refractivity contribution in [2.45, 2.75) is 6.42 Å². The molecule has 0 spiro atoms. The molecular formula is C18H15ClFNO2. The third-order valence-corrected chi connectivity index (χ3v) is 3.35. The smallest absolute Gasteiger partial charge is 0.254 e. The van der Waals surface area contributed by atoms with Gasteiger partial charge in [0.1, 0.15) is 18.2 Å². The molecule has 2 rings (SSSR count). The van der Waals surface area contributed by atoms with Crippen molar-refractivity contribution in [3.05, 3.63) is 64.4 Å². The maximum atomic E-state index is 13.6. The molecule has 0 saturated carbocycles. The number of rotatable bonds is 6. The second-order valence-corrected chi connectivity index (χ2v) is 5.20. The maximum Gasteiger partial charge on any atom is 0.254 e. The van der Waals surface area contributed by atoms with Crippen LogP contribution in [0.15, 0.2) is 42.5 Å². The Hall–Kier alpha value is -2.51. The van der Waals surface area contributed by atoms with Gasteiger partial charge in [-0.2, -0.15) is 0 Å². The lowest BCUT2D eigenvalue weighted by Crippen LogP contribution is -2.26. The predicted molar refractivity (Wildman–Crippen MR) is 88.2 cm³/mol. The first-order valence-electron chi connectivity index (χ1n) is 6.98. The monoisotopic (exact) mass is 331 g/mol. The Labute approximate surface area is 139 Å². The summed E-state index contributed by atoms with van der Waals surface area (Å²) in [5.74, 6) is 2.00. The van der Waals surface area contributed by atoms with E-state index < -0.39 is 11.7 Å². The van der Waals surface area contributed by atoms with Gasteiger partial charge < -0.3 is 10.1 Å². The third kappa shape index (κ3) is 5.01. The molecule has 0 unspecified atom stereocenters. The van der Waals surface area contributed by atoms with Crippen molar-refractivity contribution in [3.8, 4) is 18.1 Å². The zero-order valence-electron chi connectivity index (χ0n) is 12.3. The van der Waals surface area contributed by atoms with Gasteiger partial charge in [-0.25, -0.2) is 4.39 Å². The molecule has 23 heavy (non-hydrogen) atoms. The van der Waals surface area contributed by atoms with Crippen LogP contribution < -0.4 is 10.1 Å². The molecule has 0 aliphatic heterocycles. The summed E-state index contributed by atoms with van der Waals surface area (Å²) in [5.41, 5.74) is 0.959. The number of ether oxygens (including phenoxy) is 1. The topological polar surface area (TPSA) is 38.3 Å². The highest BCUT2D eigenvalue weighted by Gasteiger charge is 2.11. The molecule has 0 aromatic heterocycles. The van der Waals surface area contributed by atoms with Gasteiger partial charge in [0.05, 0.1) is 5.56 Å². The number of amides is 1. The zero-order valence-corrected chi connectivity index (χ0v) is 13.1. The van der Waals surface area contributed by atoms with Crippen molar-refractivity contribution in [2.75, 3.05) is 13.2 Å². The Kier molecular flexibility index (Phi) is 6.02. The van der Waals surface area contributed by atoms with E-state index in [2.05, 4.69) is 11.2 Å². The minimum absolute atomic E-state index is 0.0597. The fourth-order valence-corrected chi connectivity index (χ4v) is 2.14. The van der Waals surface area contributed by atoms with Crippen molar-refractivity contribution in [2.24, 2.45) is 0 Å². The minimum atomic E-state index is -0.595. The van der Waals surface area contributed by atoms with E-state index in [1.165, 1.54) is 18.2 Å². The van der Waals surface area contributed by atoms with E-state index in [9.17, 15) is 9.18 Å². The van der Waals surface area contributed by atoms with Gasteiger partial charge in [0, 0.05) is 11.6 Å². The summed E-state index contributed by atoms with van der Waals surface area (Å²) < 4.78 is 18.8. The summed E-state index contributed by atoms with van der Waals surface area (Å²) in [7, 11) is 0. The third-order valence-electron chi connectivity index (χ3n) is 3.12. The van der Waals surface area contributed by atoms with Crippen LogP contribution in [0.25, 0.3) is 0 Å². The molecule has 0 fully saturated rings. The molecule has 2 aromatic carbocycles. The molecular weight excluding hydrogens is 317 g/mol. The molecule has 0 saturated heterocycles. The van der Waals surface area contributed by atoms with Gasteiger partial charge in [-0.1, -0.05) is 29.7 Å². The van der Waals surface area contributed by atoms with E-state index in [-0.39, 0.29) is 12.2 Å². The summed E-state index contributed by atoms with van der Waals surface area (Å²) in [5, 5.41) is 2.99. The Morgan fingerprint density at radius 1 is 1.26 bits per heavy atom. The van der Waals surface area contributed by atoms with Crippen molar-refractivity contribution in [1.82, 2.24) is 5.32 Å². The average molecular weight is 332 g/mol. The lowest BCUT2D eigenvalue weighted by atomic mass is 10.1. The molecule has 0 aliphatic rings. The molecule has 3 nitrogen and oxygen atoms in total. The lowest BCUT2D eigenvalue weighted by Gasteiger charge is -2.07. The maximum absolute atomic E-state index is 13.6. The first-order valence-corrected chi connectivity index (χ1v) is 7.36. The van der Waals surface area contributed by atoms with Crippen LogP contribution >= 0.6 is 11.6 Å². The number of terminal acetylenes is 1. The fraction of sp³-hybridized carbons (Fsp3) is 0.167. The molecule has 0 bridgehead atoms. The van der Waals surface area contributed by atoms with Crippen LogP contribution in [0, 0.1) is 18.2 Å². The molecule has 118 valence electrons. The minimum Gasteiger partial charge on any atom is -0.481 e. The first kappa shape index (κ1) is 16.9. The number of hydrogen-bond acceptors (Lipinski definition) is 2. The number of carbonyl (C=O) groups excluding carboxylic acids is 1. The predicted octanol–water partition coefficient (Wildman–Crippen LogP) is 3.46. The van der Waals surface area contributed by atoms with Gasteiger partial charge in [-0.3, -0.25) is 4.79 Å². The second-order valence-electron chi connectivity index (χ2n) is 4.77. The van der Waals surface area contributed by atoms with Crippen LogP contribution in [0.1, 0.15) is 15.9 Å². The molecule has 2 aromatic rings. The summed E-state index contributed by atoms with van der Waals surface area (Å²) in [6.45, 7) is 0.607. The van der Waals surface area contributed by atoms with E-state index in [4.69, 9.17) is 22.8 Å². The van der Waals surface area contributed by atoms with Crippen LogP contribution in [-0.2, 0) is 6.42 Å². The van der Waals surface area contributed by atoms with Gasteiger partial charge in [0.2, 0.25) is 0 Å². The fourth-order valence-electron chi connectivity index (χ4n) is 1.96. The highest BCUT2D eigenvalue weighted by atomic mass is 35.5. The Bertz CT molecular complexity index is 723. The SMILES string of the molecule is C#CCOc1ccc(CCNC(=O)c2cc(Cl)ccc2F)cc1. The van der Waals surface area contributed by atoms with Gasteiger partial charge in [0.25, 0.3) is 5.91 Å². The molecule has 5 heteroatoms. The number of nitrogens with one attached hydrogen (secondary N) is 1. The quantitative estimate of drug-likeness (QED) is 0.823. The van der Waals surface area contributed by atoms with Crippen LogP contribution in [-0.4, -0.2) is 19.1 Å². The Morgan fingerprint density at radius 2 is 2.00 bits per heavy atom.